The van der Waals surface area contributed by atoms with E-state index in [-0.39, 0.29) is 11.5 Å². The van der Waals surface area contributed by atoms with Gasteiger partial charge in [-0.05, 0) is 68.9 Å². The zero-order valence-electron chi connectivity index (χ0n) is 23.2. The maximum atomic E-state index is 13.5. The normalized spacial score (nSPS) is 15.0. The molecule has 0 aliphatic carbocycles. The lowest BCUT2D eigenvalue weighted by Crippen LogP contribution is -2.28. The Balaban J connectivity index is 1.29. The SMILES string of the molecule is CN(C)CCn1ccc2cc(Nc3ncc4c(=O)n5n(c4n3)-c3ccc4c(c3)N(CCCC=CC5)C(=O)C4)ccc21. The minimum Gasteiger partial charge on any atom is -0.346 e. The molecule has 1 N–H and O–H groups in total. The molecule has 41 heavy (non-hydrogen) atoms. The number of fused-ring (bicyclic) bond motifs is 6. The van der Waals surface area contributed by atoms with Gasteiger partial charge in [-0.2, -0.15) is 4.98 Å². The van der Waals surface area contributed by atoms with Gasteiger partial charge < -0.3 is 19.7 Å². The van der Waals surface area contributed by atoms with Crippen LogP contribution in [-0.2, 0) is 24.3 Å². The van der Waals surface area contributed by atoms with E-state index in [1.807, 2.05) is 39.9 Å². The van der Waals surface area contributed by atoms with Crippen LogP contribution < -0.4 is 15.8 Å². The quantitative estimate of drug-likeness (QED) is 0.333. The summed E-state index contributed by atoms with van der Waals surface area (Å²) in [5, 5.41) is 4.91. The number of carbonyl (C=O) groups excluding carboxylic acids is 1. The van der Waals surface area contributed by atoms with E-state index in [0.29, 0.717) is 36.5 Å². The number of hydrogen-bond acceptors (Lipinski definition) is 6. The van der Waals surface area contributed by atoms with Crippen LogP contribution in [0.2, 0.25) is 0 Å². The van der Waals surface area contributed by atoms with Gasteiger partial charge in [0.2, 0.25) is 11.9 Å². The highest BCUT2D eigenvalue weighted by Gasteiger charge is 2.28. The lowest BCUT2D eigenvalue weighted by atomic mass is 10.1. The summed E-state index contributed by atoms with van der Waals surface area (Å²) in [6, 6.07) is 14.3. The van der Waals surface area contributed by atoms with Gasteiger partial charge in [-0.1, -0.05) is 18.2 Å². The van der Waals surface area contributed by atoms with E-state index in [1.165, 1.54) is 5.52 Å². The van der Waals surface area contributed by atoms with Crippen molar-refractivity contribution in [1.29, 1.82) is 0 Å². The number of amides is 1. The molecule has 0 radical (unpaired) electrons. The zero-order valence-corrected chi connectivity index (χ0v) is 23.2. The van der Waals surface area contributed by atoms with Crippen LogP contribution in [0.5, 0.6) is 0 Å². The Morgan fingerprint density at radius 1 is 1.05 bits per heavy atom. The van der Waals surface area contributed by atoms with Crippen molar-refractivity contribution in [3.05, 3.63) is 82.9 Å². The number of hydrogen-bond donors (Lipinski definition) is 1. The first kappa shape index (κ1) is 25.3. The van der Waals surface area contributed by atoms with Crippen molar-refractivity contribution >= 4 is 45.2 Å². The molecule has 208 valence electrons. The number of likely N-dealkylation sites (N-methyl/N-ethyl adjacent to an activating group) is 1. The van der Waals surface area contributed by atoms with E-state index in [2.05, 4.69) is 64.3 Å². The number of anilines is 3. The van der Waals surface area contributed by atoms with Gasteiger partial charge in [0, 0.05) is 54.3 Å². The average molecular weight is 549 g/mol. The molecule has 0 spiro atoms. The number of aromatic nitrogens is 5. The van der Waals surface area contributed by atoms with Gasteiger partial charge in [0.05, 0.1) is 18.7 Å². The van der Waals surface area contributed by atoms with Crippen molar-refractivity contribution in [1.82, 2.24) is 28.8 Å². The molecule has 2 aliphatic heterocycles. The monoisotopic (exact) mass is 548 g/mol. The van der Waals surface area contributed by atoms with Crippen molar-refractivity contribution in [2.45, 2.75) is 32.4 Å². The first-order valence-electron chi connectivity index (χ1n) is 14.0. The van der Waals surface area contributed by atoms with Crippen LogP contribution in [-0.4, -0.2) is 61.9 Å². The summed E-state index contributed by atoms with van der Waals surface area (Å²) in [7, 11) is 4.15. The molecule has 2 aliphatic rings. The van der Waals surface area contributed by atoms with Gasteiger partial charge in [-0.15, -0.1) is 0 Å². The van der Waals surface area contributed by atoms with Gasteiger partial charge in [0.15, 0.2) is 5.65 Å². The Morgan fingerprint density at radius 3 is 2.83 bits per heavy atom. The predicted molar refractivity (Wildman–Crippen MR) is 161 cm³/mol. The smallest absolute Gasteiger partial charge is 0.278 e. The van der Waals surface area contributed by atoms with Crippen molar-refractivity contribution in [3.8, 4) is 5.69 Å². The minimum atomic E-state index is -0.151. The van der Waals surface area contributed by atoms with Crippen molar-refractivity contribution in [3.63, 3.8) is 0 Å². The van der Waals surface area contributed by atoms with Gasteiger partial charge >= 0.3 is 0 Å². The molecule has 2 bridgehead atoms. The third-order valence-corrected chi connectivity index (χ3v) is 7.94. The predicted octanol–water partition coefficient (Wildman–Crippen LogP) is 4.08. The number of carbonyl (C=O) groups is 1. The van der Waals surface area contributed by atoms with Crippen LogP contribution in [0.25, 0.3) is 27.6 Å². The third-order valence-electron chi connectivity index (χ3n) is 7.94. The van der Waals surface area contributed by atoms with Crippen molar-refractivity contribution in [2.75, 3.05) is 37.4 Å². The highest BCUT2D eigenvalue weighted by molar-refractivity contribution is 6.01. The minimum absolute atomic E-state index is 0.117. The molecule has 10 heteroatoms. The molecule has 0 unspecified atom stereocenters. The average Bonchev–Trinajstić information content (AvgIpc) is 3.59. The molecular weight excluding hydrogens is 516 g/mol. The Morgan fingerprint density at radius 2 is 1.95 bits per heavy atom. The Hall–Kier alpha value is -4.70. The van der Waals surface area contributed by atoms with Crippen LogP contribution in [0, 0.1) is 0 Å². The summed E-state index contributed by atoms with van der Waals surface area (Å²) < 4.78 is 5.79. The fourth-order valence-electron chi connectivity index (χ4n) is 5.81. The van der Waals surface area contributed by atoms with Gasteiger partial charge in [0.25, 0.3) is 5.56 Å². The van der Waals surface area contributed by atoms with Crippen LogP contribution in [0.3, 0.4) is 0 Å². The second kappa shape index (κ2) is 10.0. The van der Waals surface area contributed by atoms with Gasteiger partial charge in [-0.25, -0.2) is 14.3 Å². The molecule has 0 saturated carbocycles. The molecule has 0 fully saturated rings. The van der Waals surface area contributed by atoms with Crippen LogP contribution in [0.4, 0.5) is 17.3 Å². The summed E-state index contributed by atoms with van der Waals surface area (Å²) >= 11 is 0. The Kier molecular flexibility index (Phi) is 6.19. The van der Waals surface area contributed by atoms with E-state index in [1.54, 1.807) is 10.9 Å². The fraction of sp³-hybridized carbons (Fsp3) is 0.290. The molecule has 0 atom stereocenters. The first-order chi connectivity index (χ1) is 20.0. The molecule has 3 aromatic heterocycles. The summed E-state index contributed by atoms with van der Waals surface area (Å²) in [6.45, 7) is 2.98. The largest absolute Gasteiger partial charge is 0.346 e. The fourth-order valence-corrected chi connectivity index (χ4v) is 5.81. The number of nitrogens with zero attached hydrogens (tertiary/aromatic N) is 7. The number of allylic oxidation sites excluding steroid dienone is 2. The van der Waals surface area contributed by atoms with Gasteiger partial charge in [0.1, 0.15) is 5.39 Å². The molecule has 2 aromatic carbocycles. The second-order valence-electron chi connectivity index (χ2n) is 11.0. The molecular formula is C31H32N8O2. The number of rotatable bonds is 5. The maximum Gasteiger partial charge on any atom is 0.278 e. The lowest BCUT2D eigenvalue weighted by molar-refractivity contribution is -0.117. The van der Waals surface area contributed by atoms with E-state index >= 15 is 0 Å². The third kappa shape index (κ3) is 4.50. The summed E-state index contributed by atoms with van der Waals surface area (Å²) in [4.78, 5) is 39.7. The van der Waals surface area contributed by atoms with Crippen LogP contribution in [0.1, 0.15) is 18.4 Å². The standard InChI is InChI=1S/C31H32N8O2/c1-35(2)15-16-36-14-11-22-17-23(8-10-26(22)36)33-31-32-20-25-29(34-31)39-24-9-7-21-18-28(40)37(27(21)19-24)12-5-3-4-6-13-38(39)30(25)41/h4,6-11,14,17,19-20H,3,5,12-13,15-16,18H2,1-2H3,(H,32,33,34). The van der Waals surface area contributed by atoms with Crippen LogP contribution in [0.15, 0.2) is 71.8 Å². The number of nitrogens with one attached hydrogen (secondary N) is 1. The Bertz CT molecular complexity index is 1890. The Labute approximate surface area is 237 Å². The zero-order chi connectivity index (χ0) is 28.1. The summed E-state index contributed by atoms with van der Waals surface area (Å²) in [5.74, 6) is 0.524. The van der Waals surface area contributed by atoms with E-state index in [0.717, 1.165) is 53.9 Å². The van der Waals surface area contributed by atoms with Crippen molar-refractivity contribution < 1.29 is 4.79 Å². The number of benzene rings is 2. The second-order valence-corrected chi connectivity index (χ2v) is 11.0. The van der Waals surface area contributed by atoms with E-state index in [9.17, 15) is 9.59 Å². The highest BCUT2D eigenvalue weighted by Crippen LogP contribution is 2.32. The van der Waals surface area contributed by atoms with Gasteiger partial charge in [-0.3, -0.25) is 9.59 Å². The molecule has 1 amide bonds. The summed E-state index contributed by atoms with van der Waals surface area (Å²) in [6.07, 6.45) is 9.91. The van der Waals surface area contributed by atoms with E-state index in [4.69, 9.17) is 4.98 Å². The van der Waals surface area contributed by atoms with E-state index < -0.39 is 0 Å². The topological polar surface area (TPSA) is 93.2 Å². The molecule has 0 saturated heterocycles. The first-order valence-corrected chi connectivity index (χ1v) is 14.0. The maximum absolute atomic E-state index is 13.5. The van der Waals surface area contributed by atoms with Crippen molar-refractivity contribution in [2.24, 2.45) is 0 Å². The van der Waals surface area contributed by atoms with Crippen LogP contribution >= 0.6 is 0 Å². The molecule has 10 nitrogen and oxygen atoms in total. The highest BCUT2D eigenvalue weighted by atomic mass is 16.2. The molecule has 5 aromatic rings. The lowest BCUT2D eigenvalue weighted by Gasteiger charge is -2.19. The molecule has 7 rings (SSSR count). The molecule has 5 heterocycles. The summed E-state index contributed by atoms with van der Waals surface area (Å²) in [5.41, 5.74) is 5.12.